The smallest absolute Gasteiger partial charge is 0.463 e. The Balaban J connectivity index is 3.60. The number of rotatable bonds is 36. The van der Waals surface area contributed by atoms with E-state index in [0.717, 1.165) is 103 Å². The van der Waals surface area contributed by atoms with Crippen molar-refractivity contribution in [1.29, 1.82) is 0 Å². The van der Waals surface area contributed by atoms with Crippen molar-refractivity contribution >= 4 is 13.8 Å². The fraction of sp³-hybridized carbons (Fsp3) is 0.533. The first-order valence-electron chi connectivity index (χ1n) is 20.1. The number of ether oxygens (including phenoxy) is 1. The summed E-state index contributed by atoms with van der Waals surface area (Å²) >= 11 is 0. The molecule has 0 fully saturated rings. The molecule has 0 aliphatic carbocycles. The summed E-state index contributed by atoms with van der Waals surface area (Å²) in [5.74, 6) is -0.406. The number of phosphoric ester groups is 1. The van der Waals surface area contributed by atoms with E-state index in [2.05, 4.69) is 137 Å². The van der Waals surface area contributed by atoms with E-state index in [0.29, 0.717) is 0 Å². The number of hydrogen-bond donors (Lipinski definition) is 3. The van der Waals surface area contributed by atoms with Crippen LogP contribution in [0.3, 0.4) is 0 Å². The highest BCUT2D eigenvalue weighted by molar-refractivity contribution is 7.47. The van der Waals surface area contributed by atoms with Gasteiger partial charge >= 0.3 is 13.8 Å². The van der Waals surface area contributed by atoms with Crippen LogP contribution < -0.4 is 5.73 Å². The standard InChI is InChI=1S/C45H72NO7P/c1-2-3-4-5-6-7-8-9-10-11-12-13-14-15-16-17-18-19-20-21-22-23-24-25-26-27-28-29-30-31-32-33-34-35-36-37-38-39-45(48)51-42-44(47)43-53-54(49,50)52-41-40-46/h3-4,6-7,9-10,12-13,15-16,18-19,21-22,24-25,27-28,30-31,44,47H,2,5,8,11,14,17,20,23,26,29,32-43,46H2,1H3,(H,49,50)/b4-3-,7-6-,10-9-,13-12-,16-15-,19-18-,22-21-,25-24-,28-27-,31-30-. The summed E-state index contributed by atoms with van der Waals surface area (Å²) < 4.78 is 25.7. The van der Waals surface area contributed by atoms with Gasteiger partial charge in [0, 0.05) is 13.0 Å². The van der Waals surface area contributed by atoms with Crippen molar-refractivity contribution in [3.05, 3.63) is 122 Å². The third kappa shape index (κ3) is 41.7. The maximum Gasteiger partial charge on any atom is 0.472 e. The topological polar surface area (TPSA) is 128 Å². The van der Waals surface area contributed by atoms with E-state index in [1.807, 2.05) is 0 Å². The zero-order valence-corrected chi connectivity index (χ0v) is 34.0. The summed E-state index contributed by atoms with van der Waals surface area (Å²) in [7, 11) is -4.26. The molecule has 0 aromatic heterocycles. The number of unbranched alkanes of at least 4 members (excludes halogenated alkanes) is 6. The summed E-state index contributed by atoms with van der Waals surface area (Å²) in [5, 5.41) is 9.76. The molecule has 54 heavy (non-hydrogen) atoms. The lowest BCUT2D eigenvalue weighted by atomic mass is 10.1. The van der Waals surface area contributed by atoms with Gasteiger partial charge in [-0.1, -0.05) is 154 Å². The predicted molar refractivity (Wildman–Crippen MR) is 228 cm³/mol. The number of allylic oxidation sites excluding steroid dienone is 20. The molecule has 9 heteroatoms. The first kappa shape index (κ1) is 50.9. The fourth-order valence-electron chi connectivity index (χ4n) is 4.66. The maximum absolute atomic E-state index is 11.8. The molecule has 4 N–H and O–H groups in total. The largest absolute Gasteiger partial charge is 0.472 e. The number of aliphatic hydroxyl groups excluding tert-OH is 1. The number of hydrogen-bond acceptors (Lipinski definition) is 7. The van der Waals surface area contributed by atoms with E-state index in [-0.39, 0.29) is 26.2 Å². The molecular formula is C45H72NO7P. The minimum Gasteiger partial charge on any atom is -0.463 e. The van der Waals surface area contributed by atoms with Crippen LogP contribution in [0.1, 0.15) is 122 Å². The van der Waals surface area contributed by atoms with Gasteiger partial charge in [-0.3, -0.25) is 13.8 Å². The van der Waals surface area contributed by atoms with Gasteiger partial charge < -0.3 is 20.5 Å². The molecule has 0 bridgehead atoms. The Morgan fingerprint density at radius 1 is 0.556 bits per heavy atom. The number of phosphoric acid groups is 1. The van der Waals surface area contributed by atoms with E-state index in [4.69, 9.17) is 10.5 Å². The first-order valence-corrected chi connectivity index (χ1v) is 21.6. The van der Waals surface area contributed by atoms with Crippen LogP contribution in [0.15, 0.2) is 122 Å². The fourth-order valence-corrected chi connectivity index (χ4v) is 5.43. The second kappa shape index (κ2) is 41.1. The van der Waals surface area contributed by atoms with Gasteiger partial charge in [-0.25, -0.2) is 4.57 Å². The van der Waals surface area contributed by atoms with Crippen LogP contribution in [0.4, 0.5) is 0 Å². The molecule has 0 amide bonds. The molecule has 0 rings (SSSR count). The maximum atomic E-state index is 11.8. The van der Waals surface area contributed by atoms with Gasteiger partial charge in [0.15, 0.2) is 0 Å². The van der Waals surface area contributed by atoms with E-state index < -0.39 is 26.5 Å². The third-order valence-corrected chi connectivity index (χ3v) is 8.58. The summed E-state index contributed by atoms with van der Waals surface area (Å²) in [5.41, 5.74) is 5.20. The Hall–Kier alpha value is -3.10. The van der Waals surface area contributed by atoms with Gasteiger partial charge in [0.1, 0.15) is 12.7 Å². The van der Waals surface area contributed by atoms with Gasteiger partial charge in [0.05, 0.1) is 13.2 Å². The highest BCUT2D eigenvalue weighted by atomic mass is 31.2. The molecule has 304 valence electrons. The summed E-state index contributed by atoms with van der Waals surface area (Å²) in [6, 6.07) is 0. The molecule has 2 unspecified atom stereocenters. The molecule has 0 aliphatic rings. The van der Waals surface area contributed by atoms with Crippen molar-refractivity contribution in [2.75, 3.05) is 26.4 Å². The third-order valence-electron chi connectivity index (χ3n) is 7.59. The second-order valence-corrected chi connectivity index (χ2v) is 14.1. The SMILES string of the molecule is CC/C=C\C/C=C\C/C=C\C/C=C\C/C=C\C/C=C\C/C=C\C/C=C\C/C=C\C/C=C\CCCCCCCCC(=O)OCC(O)COP(=O)(O)OCCN. The highest BCUT2D eigenvalue weighted by Gasteiger charge is 2.22. The summed E-state index contributed by atoms with van der Waals surface area (Å²) in [6.45, 7) is 1.30. The molecular weight excluding hydrogens is 697 g/mol. The van der Waals surface area contributed by atoms with E-state index in [1.165, 1.54) is 6.42 Å². The molecule has 2 atom stereocenters. The zero-order valence-electron chi connectivity index (χ0n) is 33.1. The molecule has 0 spiro atoms. The Morgan fingerprint density at radius 3 is 1.33 bits per heavy atom. The van der Waals surface area contributed by atoms with Crippen LogP contribution in [-0.4, -0.2) is 48.4 Å². The number of carbonyl (C=O) groups excluding carboxylic acids is 1. The van der Waals surface area contributed by atoms with Gasteiger partial charge in [-0.15, -0.1) is 0 Å². The van der Waals surface area contributed by atoms with Gasteiger partial charge in [-0.05, 0) is 83.5 Å². The van der Waals surface area contributed by atoms with Crippen LogP contribution in [0.25, 0.3) is 0 Å². The van der Waals surface area contributed by atoms with Crippen LogP contribution in [0.2, 0.25) is 0 Å². The van der Waals surface area contributed by atoms with Crippen molar-refractivity contribution in [2.24, 2.45) is 5.73 Å². The Morgan fingerprint density at radius 2 is 0.926 bits per heavy atom. The predicted octanol–water partition coefficient (Wildman–Crippen LogP) is 11.6. The van der Waals surface area contributed by atoms with Crippen LogP contribution >= 0.6 is 7.82 Å². The molecule has 8 nitrogen and oxygen atoms in total. The molecule has 0 aromatic carbocycles. The lowest BCUT2D eigenvalue weighted by Crippen LogP contribution is -2.23. The molecule has 0 radical (unpaired) electrons. The minimum absolute atomic E-state index is 0.0657. The van der Waals surface area contributed by atoms with Crippen LogP contribution in [0, 0.1) is 0 Å². The van der Waals surface area contributed by atoms with E-state index in [9.17, 15) is 19.4 Å². The normalized spacial score (nSPS) is 14.8. The van der Waals surface area contributed by atoms with Gasteiger partial charge in [-0.2, -0.15) is 0 Å². The monoisotopic (exact) mass is 770 g/mol. The average Bonchev–Trinajstić information content (AvgIpc) is 3.16. The Bertz CT molecular complexity index is 1230. The lowest BCUT2D eigenvalue weighted by molar-refractivity contribution is -0.147. The average molecular weight is 770 g/mol. The van der Waals surface area contributed by atoms with Crippen LogP contribution in [-0.2, 0) is 23.1 Å². The van der Waals surface area contributed by atoms with Crippen molar-refractivity contribution < 1.29 is 33.1 Å². The van der Waals surface area contributed by atoms with Crippen LogP contribution in [0.5, 0.6) is 0 Å². The van der Waals surface area contributed by atoms with E-state index >= 15 is 0 Å². The molecule has 0 saturated heterocycles. The highest BCUT2D eigenvalue weighted by Crippen LogP contribution is 2.42. The zero-order chi connectivity index (χ0) is 39.5. The summed E-state index contributed by atoms with van der Waals surface area (Å²) in [6.07, 6.45) is 60.8. The second-order valence-electron chi connectivity index (χ2n) is 12.6. The van der Waals surface area contributed by atoms with Crippen molar-refractivity contribution in [2.45, 2.75) is 129 Å². The Kier molecular flexibility index (Phi) is 38.7. The number of carbonyl (C=O) groups is 1. The van der Waals surface area contributed by atoms with Gasteiger partial charge in [0.2, 0.25) is 0 Å². The molecule has 0 heterocycles. The quantitative estimate of drug-likeness (QED) is 0.0249. The van der Waals surface area contributed by atoms with E-state index in [1.54, 1.807) is 0 Å². The number of nitrogens with two attached hydrogens (primary N) is 1. The lowest BCUT2D eigenvalue weighted by Gasteiger charge is -2.15. The molecule has 0 aromatic rings. The number of esters is 1. The Labute approximate surface area is 328 Å². The van der Waals surface area contributed by atoms with Gasteiger partial charge in [0.25, 0.3) is 0 Å². The number of aliphatic hydroxyl groups is 1. The summed E-state index contributed by atoms with van der Waals surface area (Å²) in [4.78, 5) is 21.2. The first-order chi connectivity index (χ1) is 26.4. The molecule has 0 saturated carbocycles. The van der Waals surface area contributed by atoms with Crippen molar-refractivity contribution in [3.63, 3.8) is 0 Å². The minimum atomic E-state index is -4.26. The molecule has 0 aliphatic heterocycles. The van der Waals surface area contributed by atoms with Crippen molar-refractivity contribution in [3.8, 4) is 0 Å². The van der Waals surface area contributed by atoms with Crippen molar-refractivity contribution in [1.82, 2.24) is 0 Å².